The lowest BCUT2D eigenvalue weighted by atomic mass is 9.97. The summed E-state index contributed by atoms with van der Waals surface area (Å²) in [6, 6.07) is 25.6. The number of nitrogens with zero attached hydrogens (tertiary/aromatic N) is 3. The van der Waals surface area contributed by atoms with E-state index in [1.54, 1.807) is 52.8 Å². The highest BCUT2D eigenvalue weighted by molar-refractivity contribution is 7.98. The standard InChI is InChI=1S/C26H17ClN4O2S/c27-16-7-6-10-18(13-16)31-24-19-11-4-5-12-22(19)34-15-21(24)23(30-31)25(32)20(14-28)26(33)29-17-8-2-1-3-9-17/h1-13,20H,15H2,(H,29,33). The van der Waals surface area contributed by atoms with Crippen LogP contribution in [-0.4, -0.2) is 21.5 Å². The zero-order chi connectivity index (χ0) is 23.7. The number of carbonyl (C=O) groups is 2. The predicted octanol–water partition coefficient (Wildman–Crippen LogP) is 5.76. The van der Waals surface area contributed by atoms with Crippen LogP contribution in [-0.2, 0) is 10.5 Å². The Kier molecular flexibility index (Phi) is 5.93. The van der Waals surface area contributed by atoms with Crippen molar-refractivity contribution < 1.29 is 9.59 Å². The van der Waals surface area contributed by atoms with Crippen molar-refractivity contribution in [3.63, 3.8) is 0 Å². The number of ketones is 1. The Labute approximate surface area is 205 Å². The molecule has 2 heterocycles. The molecular weight excluding hydrogens is 468 g/mol. The second-order valence-electron chi connectivity index (χ2n) is 7.63. The van der Waals surface area contributed by atoms with E-state index in [0.29, 0.717) is 27.7 Å². The molecule has 166 valence electrons. The molecule has 1 atom stereocenters. The zero-order valence-corrected chi connectivity index (χ0v) is 19.3. The van der Waals surface area contributed by atoms with Gasteiger partial charge >= 0.3 is 0 Å². The van der Waals surface area contributed by atoms with Gasteiger partial charge in [-0.2, -0.15) is 10.4 Å². The van der Waals surface area contributed by atoms with Crippen LogP contribution in [0.3, 0.4) is 0 Å². The van der Waals surface area contributed by atoms with E-state index in [9.17, 15) is 14.9 Å². The fraction of sp³-hybridized carbons (Fsp3) is 0.0769. The summed E-state index contributed by atoms with van der Waals surface area (Å²) in [4.78, 5) is 27.4. The van der Waals surface area contributed by atoms with Crippen molar-refractivity contribution in [2.24, 2.45) is 5.92 Å². The average Bonchev–Trinajstić information content (AvgIpc) is 3.25. The molecule has 1 unspecified atom stereocenters. The number of amides is 1. The molecule has 1 aliphatic rings. The molecule has 0 saturated carbocycles. The third-order valence-corrected chi connectivity index (χ3v) is 6.81. The number of hydrogen-bond acceptors (Lipinski definition) is 5. The highest BCUT2D eigenvalue weighted by atomic mass is 35.5. The van der Waals surface area contributed by atoms with Crippen LogP contribution >= 0.6 is 23.4 Å². The van der Waals surface area contributed by atoms with Crippen LogP contribution in [0.1, 0.15) is 16.1 Å². The average molecular weight is 485 g/mol. The van der Waals surface area contributed by atoms with Gasteiger partial charge in [-0.1, -0.05) is 54.1 Å². The van der Waals surface area contributed by atoms with E-state index < -0.39 is 17.6 Å². The Hall–Kier alpha value is -3.86. The lowest BCUT2D eigenvalue weighted by molar-refractivity contribution is -0.117. The molecule has 0 saturated heterocycles. The second kappa shape index (κ2) is 9.18. The van der Waals surface area contributed by atoms with Crippen molar-refractivity contribution >= 4 is 40.7 Å². The first-order chi connectivity index (χ1) is 16.6. The number of carbonyl (C=O) groups excluding carboxylic acids is 2. The second-order valence-corrected chi connectivity index (χ2v) is 9.09. The van der Waals surface area contributed by atoms with Gasteiger partial charge in [-0.15, -0.1) is 11.8 Å². The van der Waals surface area contributed by atoms with E-state index in [1.165, 1.54) is 0 Å². The minimum atomic E-state index is -1.53. The molecule has 8 heteroatoms. The van der Waals surface area contributed by atoms with Gasteiger partial charge in [-0.05, 0) is 36.4 Å². The van der Waals surface area contributed by atoms with Gasteiger partial charge < -0.3 is 5.32 Å². The Balaban J connectivity index is 1.60. The normalized spacial score (nSPS) is 12.7. The van der Waals surface area contributed by atoms with E-state index in [2.05, 4.69) is 10.4 Å². The number of aromatic nitrogens is 2. The number of rotatable bonds is 5. The summed E-state index contributed by atoms with van der Waals surface area (Å²) in [6.45, 7) is 0. The summed E-state index contributed by atoms with van der Waals surface area (Å²) in [5.41, 5.74) is 3.71. The maximum Gasteiger partial charge on any atom is 0.249 e. The number of halogens is 1. The van der Waals surface area contributed by atoms with Gasteiger partial charge in [0, 0.05) is 32.5 Å². The van der Waals surface area contributed by atoms with Crippen LogP contribution in [0.15, 0.2) is 83.8 Å². The quantitative estimate of drug-likeness (QED) is 0.287. The van der Waals surface area contributed by atoms with E-state index in [-0.39, 0.29) is 5.69 Å². The summed E-state index contributed by atoms with van der Waals surface area (Å²) in [5, 5.41) is 17.5. The molecule has 1 aliphatic heterocycles. The summed E-state index contributed by atoms with van der Waals surface area (Å²) in [7, 11) is 0. The number of nitriles is 1. The first kappa shape index (κ1) is 22.0. The molecule has 0 fully saturated rings. The molecule has 1 N–H and O–H groups in total. The van der Waals surface area contributed by atoms with Crippen LogP contribution in [0.4, 0.5) is 5.69 Å². The fourth-order valence-electron chi connectivity index (χ4n) is 3.90. The molecule has 6 nitrogen and oxygen atoms in total. The van der Waals surface area contributed by atoms with Gasteiger partial charge in [0.2, 0.25) is 11.7 Å². The number of nitrogens with one attached hydrogen (secondary N) is 1. The number of benzene rings is 3. The van der Waals surface area contributed by atoms with Gasteiger partial charge in [0.05, 0.1) is 17.5 Å². The molecule has 34 heavy (non-hydrogen) atoms. The molecule has 0 spiro atoms. The molecule has 3 aromatic carbocycles. The van der Waals surface area contributed by atoms with Crippen LogP contribution in [0.2, 0.25) is 5.02 Å². The summed E-state index contributed by atoms with van der Waals surface area (Å²) < 4.78 is 1.68. The van der Waals surface area contributed by atoms with Crippen molar-refractivity contribution in [2.75, 3.05) is 5.32 Å². The van der Waals surface area contributed by atoms with Gasteiger partial charge in [-0.25, -0.2) is 4.68 Å². The highest BCUT2D eigenvalue weighted by Crippen LogP contribution is 2.44. The smallest absolute Gasteiger partial charge is 0.249 e. The first-order valence-electron chi connectivity index (χ1n) is 10.5. The largest absolute Gasteiger partial charge is 0.325 e. The van der Waals surface area contributed by atoms with Crippen molar-refractivity contribution in [1.29, 1.82) is 5.26 Å². The molecule has 4 aromatic rings. The Bertz CT molecular complexity index is 1460. The third kappa shape index (κ3) is 3.98. The van der Waals surface area contributed by atoms with Gasteiger partial charge in [0.1, 0.15) is 5.69 Å². The SMILES string of the molecule is N#CC(C(=O)Nc1ccccc1)C(=O)c1nn(-c2cccc(Cl)c2)c2c1CSc1ccccc1-2. The number of hydrogen-bond donors (Lipinski definition) is 1. The topological polar surface area (TPSA) is 87.8 Å². The van der Waals surface area contributed by atoms with Crippen molar-refractivity contribution in [1.82, 2.24) is 9.78 Å². The Morgan fingerprint density at radius 3 is 2.59 bits per heavy atom. The van der Waals surface area contributed by atoms with Crippen molar-refractivity contribution in [3.8, 4) is 23.0 Å². The molecule has 1 amide bonds. The lowest BCUT2D eigenvalue weighted by Crippen LogP contribution is -2.29. The fourth-order valence-corrected chi connectivity index (χ4v) is 5.16. The van der Waals surface area contributed by atoms with Gasteiger partial charge in [-0.3, -0.25) is 9.59 Å². The van der Waals surface area contributed by atoms with Gasteiger partial charge in [0.15, 0.2) is 5.92 Å². The first-order valence-corrected chi connectivity index (χ1v) is 11.8. The highest BCUT2D eigenvalue weighted by Gasteiger charge is 2.35. The van der Waals surface area contributed by atoms with Crippen molar-refractivity contribution in [2.45, 2.75) is 10.6 Å². The number of fused-ring (bicyclic) bond motifs is 3. The summed E-state index contributed by atoms with van der Waals surface area (Å²) in [6.07, 6.45) is 0. The molecule has 0 aliphatic carbocycles. The minimum Gasteiger partial charge on any atom is -0.325 e. The monoisotopic (exact) mass is 484 g/mol. The van der Waals surface area contributed by atoms with E-state index in [4.69, 9.17) is 11.6 Å². The zero-order valence-electron chi connectivity index (χ0n) is 17.7. The number of Topliss-reactive ketones (excluding diaryl/α,β-unsaturated/α-hetero) is 1. The van der Waals surface area contributed by atoms with E-state index in [0.717, 1.165) is 16.2 Å². The Morgan fingerprint density at radius 1 is 1.06 bits per heavy atom. The molecular formula is C26H17ClN4O2S. The van der Waals surface area contributed by atoms with Crippen molar-refractivity contribution in [3.05, 3.63) is 95.1 Å². The lowest BCUT2D eigenvalue weighted by Gasteiger charge is -2.18. The number of anilines is 1. The minimum absolute atomic E-state index is 0.117. The third-order valence-electron chi connectivity index (χ3n) is 5.48. The van der Waals surface area contributed by atoms with Crippen LogP contribution in [0, 0.1) is 17.2 Å². The van der Waals surface area contributed by atoms with Crippen LogP contribution < -0.4 is 5.32 Å². The molecule has 5 rings (SSSR count). The number of thioether (sulfide) groups is 1. The predicted molar refractivity (Wildman–Crippen MR) is 132 cm³/mol. The Morgan fingerprint density at radius 2 is 1.82 bits per heavy atom. The summed E-state index contributed by atoms with van der Waals surface area (Å²) >= 11 is 7.82. The van der Waals surface area contributed by atoms with Crippen LogP contribution in [0.5, 0.6) is 0 Å². The van der Waals surface area contributed by atoms with Crippen LogP contribution in [0.25, 0.3) is 16.9 Å². The molecule has 0 bridgehead atoms. The maximum absolute atomic E-state index is 13.5. The molecule has 1 aromatic heterocycles. The molecule has 0 radical (unpaired) electrons. The van der Waals surface area contributed by atoms with E-state index >= 15 is 0 Å². The maximum atomic E-state index is 13.5. The number of para-hydroxylation sites is 1. The summed E-state index contributed by atoms with van der Waals surface area (Å²) in [5.74, 6) is -2.36. The van der Waals surface area contributed by atoms with Gasteiger partial charge in [0.25, 0.3) is 0 Å². The van der Waals surface area contributed by atoms with E-state index in [1.807, 2.05) is 48.5 Å².